The highest BCUT2D eigenvalue weighted by Gasteiger charge is 2.21. The van der Waals surface area contributed by atoms with Gasteiger partial charge in [-0.15, -0.1) is 0 Å². The van der Waals surface area contributed by atoms with E-state index in [0.717, 1.165) is 25.7 Å². The van der Waals surface area contributed by atoms with Gasteiger partial charge in [0.05, 0.1) is 0 Å². The Labute approximate surface area is 117 Å². The maximum atomic E-state index is 4.29. The monoisotopic (exact) mass is 261 g/mol. The fourth-order valence-electron chi connectivity index (χ4n) is 3.11. The predicted octanol–water partition coefficient (Wildman–Crippen LogP) is 3.35. The lowest BCUT2D eigenvalue weighted by atomic mass is 9.93. The maximum Gasteiger partial charge on any atom is 0.0445 e. The third kappa shape index (κ3) is 3.69. The molecule has 0 saturated heterocycles. The number of rotatable bonds is 6. The second-order valence-electron chi connectivity index (χ2n) is 5.36. The van der Waals surface area contributed by atoms with E-state index in [-0.39, 0.29) is 0 Å². The Kier molecular flexibility index (Phi) is 5.64. The molecule has 0 atom stereocenters. The Morgan fingerprint density at radius 3 is 2.74 bits per heavy atom. The third-order valence-electron chi connectivity index (χ3n) is 4.11. The third-order valence-corrected chi connectivity index (χ3v) is 4.11. The molecule has 1 fully saturated rings. The molecule has 1 saturated carbocycles. The summed E-state index contributed by atoms with van der Waals surface area (Å²) in [4.78, 5) is 6.88. The average molecular weight is 261 g/mol. The van der Waals surface area contributed by atoms with Crippen molar-refractivity contribution in [2.24, 2.45) is 0 Å². The summed E-state index contributed by atoms with van der Waals surface area (Å²) in [5.41, 5.74) is 2.71. The molecule has 0 aromatic carbocycles. The van der Waals surface area contributed by atoms with Gasteiger partial charge in [0.2, 0.25) is 0 Å². The fourth-order valence-corrected chi connectivity index (χ4v) is 3.11. The Bertz CT molecular complexity index is 372. The Hall–Kier alpha value is -1.09. The van der Waals surface area contributed by atoms with E-state index in [4.69, 9.17) is 0 Å². The molecule has 19 heavy (non-hydrogen) atoms. The van der Waals surface area contributed by atoms with Crippen molar-refractivity contribution >= 4 is 5.69 Å². The molecule has 0 amide bonds. The molecule has 1 N–H and O–H groups in total. The van der Waals surface area contributed by atoms with Crippen LogP contribution in [0.2, 0.25) is 0 Å². The summed E-state index contributed by atoms with van der Waals surface area (Å²) < 4.78 is 0. The molecule has 106 valence electrons. The Morgan fingerprint density at radius 1 is 1.26 bits per heavy atom. The van der Waals surface area contributed by atoms with E-state index in [0.29, 0.717) is 0 Å². The van der Waals surface area contributed by atoms with Gasteiger partial charge >= 0.3 is 0 Å². The van der Waals surface area contributed by atoms with Crippen molar-refractivity contribution in [2.45, 2.75) is 58.5 Å². The lowest BCUT2D eigenvalue weighted by Gasteiger charge is -2.36. The van der Waals surface area contributed by atoms with Crippen LogP contribution in [0.1, 0.15) is 51.5 Å². The van der Waals surface area contributed by atoms with Crippen LogP contribution in [0.25, 0.3) is 0 Å². The first kappa shape index (κ1) is 14.3. The minimum Gasteiger partial charge on any atom is -0.368 e. The molecule has 0 aliphatic heterocycles. The summed E-state index contributed by atoms with van der Waals surface area (Å²) in [7, 11) is 0. The molecule has 0 spiro atoms. The number of hydrogen-bond donors (Lipinski definition) is 1. The van der Waals surface area contributed by atoms with Gasteiger partial charge in [-0.05, 0) is 32.4 Å². The predicted molar refractivity (Wildman–Crippen MR) is 81.5 cm³/mol. The Balaban J connectivity index is 2.16. The molecule has 0 radical (unpaired) electrons. The first-order chi connectivity index (χ1) is 9.36. The van der Waals surface area contributed by atoms with Crippen LogP contribution in [0.15, 0.2) is 18.5 Å². The molecule has 1 aromatic rings. The van der Waals surface area contributed by atoms with Crippen LogP contribution in [-0.2, 0) is 6.54 Å². The van der Waals surface area contributed by atoms with Crippen molar-refractivity contribution < 1.29 is 0 Å². The molecular weight excluding hydrogens is 234 g/mol. The van der Waals surface area contributed by atoms with E-state index in [9.17, 15) is 0 Å². The van der Waals surface area contributed by atoms with Crippen LogP contribution in [-0.4, -0.2) is 24.1 Å². The summed E-state index contributed by atoms with van der Waals surface area (Å²) in [5.74, 6) is 0. The van der Waals surface area contributed by atoms with E-state index < -0.39 is 0 Å². The number of nitrogens with one attached hydrogen (secondary N) is 1. The van der Waals surface area contributed by atoms with E-state index in [1.54, 1.807) is 0 Å². The van der Waals surface area contributed by atoms with Gasteiger partial charge in [-0.3, -0.25) is 4.98 Å². The standard InChI is InChI=1S/C16H27N3/c1-3-17-12-14-13-18-11-10-16(14)19(4-2)15-8-6-5-7-9-15/h10-11,13,15,17H,3-9,12H2,1-2H3. The van der Waals surface area contributed by atoms with E-state index in [1.807, 2.05) is 12.4 Å². The SMILES string of the molecule is CCNCc1cnccc1N(CC)C1CCCCC1. The fraction of sp³-hybridized carbons (Fsp3) is 0.688. The lowest BCUT2D eigenvalue weighted by Crippen LogP contribution is -2.37. The number of pyridine rings is 1. The lowest BCUT2D eigenvalue weighted by molar-refractivity contribution is 0.417. The molecule has 1 heterocycles. The zero-order valence-electron chi connectivity index (χ0n) is 12.4. The Morgan fingerprint density at radius 2 is 2.05 bits per heavy atom. The maximum absolute atomic E-state index is 4.29. The van der Waals surface area contributed by atoms with Crippen LogP contribution in [0.5, 0.6) is 0 Å². The van der Waals surface area contributed by atoms with Gasteiger partial charge in [-0.25, -0.2) is 0 Å². The highest BCUT2D eigenvalue weighted by atomic mass is 15.2. The van der Waals surface area contributed by atoms with Crippen LogP contribution in [0.4, 0.5) is 5.69 Å². The summed E-state index contributed by atoms with van der Waals surface area (Å²) in [6.07, 6.45) is 10.8. The van der Waals surface area contributed by atoms with Crippen LogP contribution >= 0.6 is 0 Å². The van der Waals surface area contributed by atoms with Crippen molar-refractivity contribution in [2.75, 3.05) is 18.0 Å². The quantitative estimate of drug-likeness (QED) is 0.851. The molecule has 1 aromatic heterocycles. The average Bonchev–Trinajstić information content (AvgIpc) is 2.48. The number of aromatic nitrogens is 1. The van der Waals surface area contributed by atoms with Gasteiger partial charge in [-0.1, -0.05) is 26.2 Å². The smallest absolute Gasteiger partial charge is 0.0445 e. The molecule has 2 rings (SSSR count). The summed E-state index contributed by atoms with van der Waals surface area (Å²) in [6.45, 7) is 7.43. The van der Waals surface area contributed by atoms with Gasteiger partial charge in [0.25, 0.3) is 0 Å². The molecule has 0 bridgehead atoms. The molecule has 1 aliphatic rings. The summed E-state index contributed by atoms with van der Waals surface area (Å²) in [5, 5.41) is 3.42. The normalized spacial score (nSPS) is 16.5. The van der Waals surface area contributed by atoms with Gasteiger partial charge < -0.3 is 10.2 Å². The zero-order valence-corrected chi connectivity index (χ0v) is 12.4. The molecule has 0 unspecified atom stereocenters. The highest BCUT2D eigenvalue weighted by molar-refractivity contribution is 5.53. The topological polar surface area (TPSA) is 28.2 Å². The first-order valence-electron chi connectivity index (χ1n) is 7.77. The second-order valence-corrected chi connectivity index (χ2v) is 5.36. The molecule has 1 aliphatic carbocycles. The van der Waals surface area contributed by atoms with Crippen LogP contribution in [0.3, 0.4) is 0 Å². The molecule has 3 heteroatoms. The number of nitrogens with zero attached hydrogens (tertiary/aromatic N) is 2. The minimum absolute atomic E-state index is 0.724. The molecular formula is C16H27N3. The largest absolute Gasteiger partial charge is 0.368 e. The van der Waals surface area contributed by atoms with Crippen molar-refractivity contribution in [1.29, 1.82) is 0 Å². The van der Waals surface area contributed by atoms with E-state index in [2.05, 4.69) is 35.1 Å². The molecule has 3 nitrogen and oxygen atoms in total. The van der Waals surface area contributed by atoms with Crippen molar-refractivity contribution in [3.8, 4) is 0 Å². The van der Waals surface area contributed by atoms with Crippen LogP contribution < -0.4 is 10.2 Å². The summed E-state index contributed by atoms with van der Waals surface area (Å²) >= 11 is 0. The number of anilines is 1. The van der Waals surface area contributed by atoms with Crippen molar-refractivity contribution in [1.82, 2.24) is 10.3 Å². The van der Waals surface area contributed by atoms with E-state index >= 15 is 0 Å². The van der Waals surface area contributed by atoms with Crippen molar-refractivity contribution in [3.05, 3.63) is 24.0 Å². The zero-order chi connectivity index (χ0) is 13.5. The van der Waals surface area contributed by atoms with Crippen LogP contribution in [0, 0.1) is 0 Å². The second kappa shape index (κ2) is 7.49. The minimum atomic E-state index is 0.724. The van der Waals surface area contributed by atoms with Crippen molar-refractivity contribution in [3.63, 3.8) is 0 Å². The highest BCUT2D eigenvalue weighted by Crippen LogP contribution is 2.29. The van der Waals surface area contributed by atoms with Gasteiger partial charge in [0, 0.05) is 42.8 Å². The van der Waals surface area contributed by atoms with E-state index in [1.165, 1.54) is 43.4 Å². The summed E-state index contributed by atoms with van der Waals surface area (Å²) in [6, 6.07) is 2.91. The van der Waals surface area contributed by atoms with Gasteiger partial charge in [-0.2, -0.15) is 0 Å². The first-order valence-corrected chi connectivity index (χ1v) is 7.77. The van der Waals surface area contributed by atoms with Gasteiger partial charge in [0.15, 0.2) is 0 Å². The number of hydrogen-bond acceptors (Lipinski definition) is 3. The van der Waals surface area contributed by atoms with Gasteiger partial charge in [0.1, 0.15) is 0 Å².